The van der Waals surface area contributed by atoms with Crippen LogP contribution in [0, 0.1) is 5.92 Å². The molecule has 0 heterocycles. The number of carbonyl (C=O) groups is 4. The van der Waals surface area contributed by atoms with Crippen molar-refractivity contribution in [2.24, 2.45) is 17.4 Å². The number of aliphatic carboxylic acids is 1. The van der Waals surface area contributed by atoms with Crippen LogP contribution in [0.15, 0.2) is 0 Å². The largest absolute Gasteiger partial charge is 0.480 e. The molecule has 12 heteroatoms. The van der Waals surface area contributed by atoms with E-state index in [9.17, 15) is 19.2 Å². The summed E-state index contributed by atoms with van der Waals surface area (Å²) < 4.78 is 0. The topological polar surface area (TPSA) is 217 Å². The highest BCUT2D eigenvalue weighted by atomic mass is 16.4. The molecule has 0 bridgehead atoms. The highest BCUT2D eigenvalue weighted by Gasteiger charge is 2.32. The van der Waals surface area contributed by atoms with Gasteiger partial charge in [0.25, 0.3) is 0 Å². The predicted molar refractivity (Wildman–Crippen MR) is 108 cm³/mol. The smallest absolute Gasteiger partial charge is 0.328 e. The van der Waals surface area contributed by atoms with Crippen LogP contribution in [0.4, 0.5) is 0 Å². The Labute approximate surface area is 175 Å². The molecular weight excluding hydrogens is 398 g/mol. The van der Waals surface area contributed by atoms with Gasteiger partial charge in [-0.2, -0.15) is 0 Å². The van der Waals surface area contributed by atoms with Crippen LogP contribution in [0.2, 0.25) is 0 Å². The first-order valence-electron chi connectivity index (χ1n) is 9.94. The quantitative estimate of drug-likeness (QED) is 0.123. The van der Waals surface area contributed by atoms with Crippen LogP contribution in [0.3, 0.4) is 0 Å². The van der Waals surface area contributed by atoms with E-state index in [0.717, 1.165) is 0 Å². The number of rotatable bonds is 15. The Balaban J connectivity index is 5.41. The van der Waals surface area contributed by atoms with Gasteiger partial charge in [-0.3, -0.25) is 14.4 Å². The normalized spacial score (nSPS) is 15.9. The van der Waals surface area contributed by atoms with Crippen molar-refractivity contribution in [3.8, 4) is 0 Å². The molecule has 0 aliphatic carbocycles. The predicted octanol–water partition coefficient (Wildman–Crippen LogP) is -2.99. The van der Waals surface area contributed by atoms with E-state index in [-0.39, 0.29) is 12.3 Å². The first-order valence-corrected chi connectivity index (χ1v) is 9.94. The maximum atomic E-state index is 12.8. The molecule has 0 saturated carbocycles. The van der Waals surface area contributed by atoms with E-state index in [1.54, 1.807) is 6.92 Å². The fourth-order valence-electron chi connectivity index (χ4n) is 2.53. The van der Waals surface area contributed by atoms with Crippen LogP contribution in [-0.2, 0) is 19.2 Å². The first-order chi connectivity index (χ1) is 14.1. The second kappa shape index (κ2) is 14.7. The third-order valence-corrected chi connectivity index (χ3v) is 4.70. The van der Waals surface area contributed by atoms with Gasteiger partial charge in [-0.05, 0) is 31.7 Å². The van der Waals surface area contributed by atoms with Crippen LogP contribution in [0.1, 0.15) is 39.5 Å². The Morgan fingerprint density at radius 3 is 1.97 bits per heavy atom. The van der Waals surface area contributed by atoms with Crippen LogP contribution < -0.4 is 27.4 Å². The van der Waals surface area contributed by atoms with Crippen molar-refractivity contribution < 1.29 is 34.5 Å². The van der Waals surface area contributed by atoms with Crippen LogP contribution in [-0.4, -0.2) is 82.9 Å². The van der Waals surface area contributed by atoms with Gasteiger partial charge in [-0.1, -0.05) is 20.3 Å². The van der Waals surface area contributed by atoms with Crippen LogP contribution in [0.25, 0.3) is 0 Å². The first kappa shape index (κ1) is 27.7. The van der Waals surface area contributed by atoms with E-state index >= 15 is 0 Å². The molecule has 174 valence electrons. The number of aliphatic hydroxyl groups is 2. The van der Waals surface area contributed by atoms with Crippen molar-refractivity contribution in [3.63, 3.8) is 0 Å². The maximum Gasteiger partial charge on any atom is 0.328 e. The molecule has 5 atom stereocenters. The van der Waals surface area contributed by atoms with Gasteiger partial charge in [0.1, 0.15) is 24.2 Å². The molecule has 0 radical (unpaired) electrons. The van der Waals surface area contributed by atoms with Crippen molar-refractivity contribution in [1.82, 2.24) is 16.0 Å². The van der Waals surface area contributed by atoms with Gasteiger partial charge >= 0.3 is 5.97 Å². The zero-order chi connectivity index (χ0) is 23.3. The van der Waals surface area contributed by atoms with Crippen molar-refractivity contribution >= 4 is 23.7 Å². The second-order valence-corrected chi connectivity index (χ2v) is 7.09. The van der Waals surface area contributed by atoms with Gasteiger partial charge in [0.05, 0.1) is 13.2 Å². The average molecular weight is 434 g/mol. The van der Waals surface area contributed by atoms with Gasteiger partial charge in [-0.25, -0.2) is 4.79 Å². The summed E-state index contributed by atoms with van der Waals surface area (Å²) in [6.07, 6.45) is 1.78. The van der Waals surface area contributed by atoms with E-state index in [2.05, 4.69) is 16.0 Å². The molecule has 0 fully saturated rings. The molecule has 5 unspecified atom stereocenters. The van der Waals surface area contributed by atoms with Crippen molar-refractivity contribution in [1.29, 1.82) is 0 Å². The van der Waals surface area contributed by atoms with Gasteiger partial charge in [0, 0.05) is 0 Å². The van der Waals surface area contributed by atoms with E-state index in [1.165, 1.54) is 0 Å². The van der Waals surface area contributed by atoms with Gasteiger partial charge in [-0.15, -0.1) is 0 Å². The minimum absolute atomic E-state index is 0.184. The molecule has 0 saturated heterocycles. The Kier molecular flexibility index (Phi) is 13.5. The second-order valence-electron chi connectivity index (χ2n) is 7.09. The lowest BCUT2D eigenvalue weighted by Gasteiger charge is -2.27. The Bertz CT molecular complexity index is 575. The Hall–Kier alpha value is -2.28. The SMILES string of the molecule is CCC(C)C(NC(=O)C(N)CO)C(=O)NC(CCCCN)C(=O)NC(CO)C(=O)O. The molecular formula is C18H35N5O7. The van der Waals surface area contributed by atoms with Crippen molar-refractivity contribution in [3.05, 3.63) is 0 Å². The monoisotopic (exact) mass is 433 g/mol. The Morgan fingerprint density at radius 2 is 1.50 bits per heavy atom. The summed E-state index contributed by atoms with van der Waals surface area (Å²) in [7, 11) is 0. The number of aliphatic hydroxyl groups excluding tert-OH is 2. The van der Waals surface area contributed by atoms with Gasteiger partial charge in [0.2, 0.25) is 17.7 Å². The summed E-state index contributed by atoms with van der Waals surface area (Å²) in [5.74, 6) is -3.86. The van der Waals surface area contributed by atoms with E-state index in [1.807, 2.05) is 6.92 Å². The standard InChI is InChI=1S/C18H35N5O7/c1-3-10(2)14(23-15(26)11(20)8-24)17(28)21-12(6-4-5-7-19)16(27)22-13(9-25)18(29)30/h10-14,24-25H,3-9,19-20H2,1-2H3,(H,21,28)(H,22,27)(H,23,26)(H,29,30). The van der Waals surface area contributed by atoms with Crippen molar-refractivity contribution in [2.45, 2.75) is 63.7 Å². The van der Waals surface area contributed by atoms with Crippen LogP contribution in [0.5, 0.6) is 0 Å². The minimum Gasteiger partial charge on any atom is -0.480 e. The van der Waals surface area contributed by atoms with E-state index in [4.69, 9.17) is 26.8 Å². The molecule has 12 nitrogen and oxygen atoms in total. The number of unbranched alkanes of at least 4 members (excludes halogenated alkanes) is 1. The van der Waals surface area contributed by atoms with Gasteiger partial charge in [0.15, 0.2) is 0 Å². The maximum absolute atomic E-state index is 12.8. The highest BCUT2D eigenvalue weighted by molar-refractivity contribution is 5.94. The summed E-state index contributed by atoms with van der Waals surface area (Å²) >= 11 is 0. The zero-order valence-electron chi connectivity index (χ0n) is 17.5. The lowest BCUT2D eigenvalue weighted by atomic mass is 9.97. The minimum atomic E-state index is -1.51. The molecule has 0 aliphatic heterocycles. The number of hydrogen-bond acceptors (Lipinski definition) is 8. The lowest BCUT2D eigenvalue weighted by Crippen LogP contribution is -2.59. The van der Waals surface area contributed by atoms with E-state index < -0.39 is 61.1 Å². The number of nitrogens with two attached hydrogens (primary N) is 2. The number of carboxylic acids is 1. The summed E-state index contributed by atoms with van der Waals surface area (Å²) in [6, 6.07) is -4.82. The molecule has 0 aromatic carbocycles. The average Bonchev–Trinajstić information content (AvgIpc) is 2.72. The number of nitrogens with one attached hydrogen (secondary N) is 3. The summed E-state index contributed by atoms with van der Waals surface area (Å²) in [5, 5.41) is 34.3. The van der Waals surface area contributed by atoms with Gasteiger partial charge < -0.3 is 42.7 Å². The highest BCUT2D eigenvalue weighted by Crippen LogP contribution is 2.10. The molecule has 0 aliphatic rings. The number of carboxylic acid groups (broad SMARTS) is 1. The zero-order valence-corrected chi connectivity index (χ0v) is 17.5. The number of hydrogen-bond donors (Lipinski definition) is 8. The summed E-state index contributed by atoms with van der Waals surface area (Å²) in [6.45, 7) is 2.51. The lowest BCUT2D eigenvalue weighted by molar-refractivity contribution is -0.143. The Morgan fingerprint density at radius 1 is 0.900 bits per heavy atom. The molecule has 0 rings (SSSR count). The third-order valence-electron chi connectivity index (χ3n) is 4.70. The summed E-state index contributed by atoms with van der Waals surface area (Å²) in [4.78, 5) is 48.4. The fourth-order valence-corrected chi connectivity index (χ4v) is 2.53. The summed E-state index contributed by atoms with van der Waals surface area (Å²) in [5.41, 5.74) is 10.9. The number of amides is 3. The molecule has 10 N–H and O–H groups in total. The fraction of sp³-hybridized carbons (Fsp3) is 0.778. The molecule has 0 spiro atoms. The van der Waals surface area contributed by atoms with E-state index in [0.29, 0.717) is 25.8 Å². The third kappa shape index (κ3) is 9.48. The number of carbonyl (C=O) groups excluding carboxylic acids is 3. The molecule has 30 heavy (non-hydrogen) atoms. The van der Waals surface area contributed by atoms with Crippen molar-refractivity contribution in [2.75, 3.05) is 19.8 Å². The molecule has 3 amide bonds. The van der Waals surface area contributed by atoms with Crippen LogP contribution >= 0.6 is 0 Å². The molecule has 0 aromatic heterocycles. The molecule has 0 aromatic rings.